The second kappa shape index (κ2) is 5.64. The summed E-state index contributed by atoms with van der Waals surface area (Å²) >= 11 is 7.02. The summed E-state index contributed by atoms with van der Waals surface area (Å²) in [4.78, 5) is 0. The van der Waals surface area contributed by atoms with Gasteiger partial charge in [-0.3, -0.25) is 0 Å². The molecule has 0 aliphatic carbocycles. The summed E-state index contributed by atoms with van der Waals surface area (Å²) in [6, 6.07) is 1.54. The van der Waals surface area contributed by atoms with Crippen LogP contribution in [0.15, 0.2) is 10.3 Å². The zero-order chi connectivity index (χ0) is 12.8. The van der Waals surface area contributed by atoms with E-state index in [0.29, 0.717) is 21.6 Å². The molecule has 2 atom stereocenters. The average molecular weight is 331 g/mol. The Kier molecular flexibility index (Phi) is 5.08. The number of sulfonamides is 1. The van der Waals surface area contributed by atoms with Gasteiger partial charge in [0, 0.05) is 19.1 Å². The number of thiophene rings is 1. The number of rotatable bonds is 2. The van der Waals surface area contributed by atoms with Gasteiger partial charge in [0.25, 0.3) is 10.0 Å². The normalized spacial score (nSPS) is 25.1. The molecule has 8 heteroatoms. The summed E-state index contributed by atoms with van der Waals surface area (Å²) in [5, 5.41) is 0. The van der Waals surface area contributed by atoms with E-state index >= 15 is 0 Å². The van der Waals surface area contributed by atoms with Gasteiger partial charge in [-0.25, -0.2) is 8.42 Å². The van der Waals surface area contributed by atoms with Gasteiger partial charge in [-0.05, 0) is 24.5 Å². The maximum Gasteiger partial charge on any atom is 0.252 e. The maximum absolute atomic E-state index is 12.3. The Hall–Kier alpha value is 0.150. The molecule has 1 aliphatic heterocycles. The predicted octanol–water partition coefficient (Wildman–Crippen LogP) is 2.10. The van der Waals surface area contributed by atoms with Crippen molar-refractivity contribution in [2.24, 2.45) is 11.7 Å². The Morgan fingerprint density at radius 2 is 2.11 bits per heavy atom. The predicted molar refractivity (Wildman–Crippen MR) is 77.2 cm³/mol. The van der Waals surface area contributed by atoms with Crippen LogP contribution in [0.5, 0.6) is 0 Å². The Balaban J connectivity index is 0.00000162. The molecule has 18 heavy (non-hydrogen) atoms. The van der Waals surface area contributed by atoms with E-state index in [-0.39, 0.29) is 24.4 Å². The molecule has 4 nitrogen and oxygen atoms in total. The fraction of sp³-hybridized carbons (Fsp3) is 0.600. The Morgan fingerprint density at radius 3 is 2.50 bits per heavy atom. The molecule has 0 bridgehead atoms. The monoisotopic (exact) mass is 330 g/mol. The zero-order valence-electron chi connectivity index (χ0n) is 10.1. The van der Waals surface area contributed by atoms with Crippen LogP contribution in [0.3, 0.4) is 0 Å². The fourth-order valence-corrected chi connectivity index (χ4v) is 5.27. The van der Waals surface area contributed by atoms with Gasteiger partial charge < -0.3 is 5.73 Å². The van der Waals surface area contributed by atoms with Crippen molar-refractivity contribution in [3.8, 4) is 0 Å². The summed E-state index contributed by atoms with van der Waals surface area (Å²) < 4.78 is 26.9. The van der Waals surface area contributed by atoms with Gasteiger partial charge in [0.15, 0.2) is 0 Å². The SMILES string of the molecule is Cc1cc(S(=O)(=O)N2CC(C)C(N)C2)sc1Cl.Cl. The van der Waals surface area contributed by atoms with Crippen molar-refractivity contribution in [3.05, 3.63) is 16.0 Å². The van der Waals surface area contributed by atoms with Crippen molar-refractivity contribution in [1.82, 2.24) is 4.31 Å². The second-order valence-corrected chi connectivity index (χ2v) is 8.30. The van der Waals surface area contributed by atoms with Crippen LogP contribution in [0.4, 0.5) is 0 Å². The van der Waals surface area contributed by atoms with E-state index in [4.69, 9.17) is 17.3 Å². The maximum atomic E-state index is 12.3. The van der Waals surface area contributed by atoms with Crippen molar-refractivity contribution in [2.45, 2.75) is 24.1 Å². The summed E-state index contributed by atoms with van der Waals surface area (Å²) in [6.45, 7) is 4.64. The number of aryl methyl sites for hydroxylation is 1. The zero-order valence-corrected chi connectivity index (χ0v) is 13.3. The molecule has 2 heterocycles. The number of hydrogen-bond donors (Lipinski definition) is 1. The number of nitrogens with zero attached hydrogens (tertiary/aromatic N) is 1. The summed E-state index contributed by atoms with van der Waals surface area (Å²) in [5.41, 5.74) is 6.65. The first-order chi connectivity index (χ1) is 7.82. The van der Waals surface area contributed by atoms with E-state index in [9.17, 15) is 8.42 Å². The molecule has 1 saturated heterocycles. The molecule has 104 valence electrons. The van der Waals surface area contributed by atoms with Crippen LogP contribution in [-0.2, 0) is 10.0 Å². The van der Waals surface area contributed by atoms with E-state index in [1.54, 1.807) is 13.0 Å². The number of hydrogen-bond acceptors (Lipinski definition) is 4. The minimum absolute atomic E-state index is 0. The van der Waals surface area contributed by atoms with Gasteiger partial charge in [-0.15, -0.1) is 23.7 Å². The van der Waals surface area contributed by atoms with Crippen molar-refractivity contribution in [1.29, 1.82) is 0 Å². The molecule has 0 saturated carbocycles. The van der Waals surface area contributed by atoms with Crippen LogP contribution in [-0.4, -0.2) is 31.9 Å². The third-order valence-corrected chi connectivity index (χ3v) is 6.90. The molecule has 2 rings (SSSR count). The van der Waals surface area contributed by atoms with Crippen LogP contribution >= 0.6 is 35.3 Å². The fourth-order valence-electron chi connectivity index (χ4n) is 1.83. The molecule has 0 aromatic carbocycles. The van der Waals surface area contributed by atoms with Gasteiger partial charge in [0.1, 0.15) is 4.21 Å². The minimum Gasteiger partial charge on any atom is -0.326 e. The van der Waals surface area contributed by atoms with Gasteiger partial charge >= 0.3 is 0 Å². The van der Waals surface area contributed by atoms with Crippen LogP contribution in [0.1, 0.15) is 12.5 Å². The lowest BCUT2D eigenvalue weighted by Crippen LogP contribution is -2.31. The highest BCUT2D eigenvalue weighted by atomic mass is 35.5. The molecule has 2 unspecified atom stereocenters. The molecular weight excluding hydrogens is 315 g/mol. The Morgan fingerprint density at radius 1 is 1.50 bits per heavy atom. The van der Waals surface area contributed by atoms with Gasteiger partial charge in [0.2, 0.25) is 0 Å². The van der Waals surface area contributed by atoms with Crippen molar-refractivity contribution in [3.63, 3.8) is 0 Å². The van der Waals surface area contributed by atoms with Gasteiger partial charge in [0.05, 0.1) is 4.34 Å². The third kappa shape index (κ3) is 2.84. The van der Waals surface area contributed by atoms with Crippen LogP contribution < -0.4 is 5.73 Å². The number of nitrogens with two attached hydrogens (primary N) is 1. The Bertz CT molecular complexity index is 500. The highest BCUT2D eigenvalue weighted by molar-refractivity contribution is 7.91. The lowest BCUT2D eigenvalue weighted by atomic mass is 10.1. The molecule has 1 fully saturated rings. The number of halogens is 2. The first-order valence-corrected chi connectivity index (χ1v) is 7.97. The molecular formula is C10H16Cl2N2O2S2. The Labute approximate surface area is 123 Å². The summed E-state index contributed by atoms with van der Waals surface area (Å²) in [6.07, 6.45) is 0. The molecule has 0 amide bonds. The van der Waals surface area contributed by atoms with Crippen LogP contribution in [0.25, 0.3) is 0 Å². The summed E-state index contributed by atoms with van der Waals surface area (Å²) in [7, 11) is -3.42. The first kappa shape index (κ1) is 16.2. The lowest BCUT2D eigenvalue weighted by Gasteiger charge is -2.14. The highest BCUT2D eigenvalue weighted by Crippen LogP contribution is 2.33. The third-order valence-electron chi connectivity index (χ3n) is 3.07. The largest absolute Gasteiger partial charge is 0.326 e. The van der Waals surface area contributed by atoms with Crippen molar-refractivity contribution in [2.75, 3.05) is 13.1 Å². The molecule has 1 aromatic heterocycles. The van der Waals surface area contributed by atoms with Crippen molar-refractivity contribution < 1.29 is 8.42 Å². The van der Waals surface area contributed by atoms with E-state index in [2.05, 4.69) is 0 Å². The second-order valence-electron chi connectivity index (χ2n) is 4.49. The molecule has 1 aliphatic rings. The van der Waals surface area contributed by atoms with E-state index in [0.717, 1.165) is 16.9 Å². The highest BCUT2D eigenvalue weighted by Gasteiger charge is 2.36. The van der Waals surface area contributed by atoms with E-state index in [1.165, 1.54) is 4.31 Å². The standard InChI is InChI=1S/C10H15ClN2O2S2.ClH/c1-6-3-9(16-10(6)11)17(14,15)13-4-7(2)8(12)5-13;/h3,7-8H,4-5,12H2,1-2H3;1H. The molecule has 0 radical (unpaired) electrons. The van der Waals surface area contributed by atoms with Crippen LogP contribution in [0.2, 0.25) is 4.34 Å². The summed E-state index contributed by atoms with van der Waals surface area (Å²) in [5.74, 6) is 0.196. The van der Waals surface area contributed by atoms with Gasteiger partial charge in [-0.1, -0.05) is 18.5 Å². The van der Waals surface area contributed by atoms with Crippen molar-refractivity contribution >= 4 is 45.4 Å². The van der Waals surface area contributed by atoms with E-state index < -0.39 is 10.0 Å². The topological polar surface area (TPSA) is 63.4 Å². The molecule has 2 N–H and O–H groups in total. The molecule has 0 spiro atoms. The smallest absolute Gasteiger partial charge is 0.252 e. The molecule has 1 aromatic rings. The minimum atomic E-state index is -3.42. The first-order valence-electron chi connectivity index (χ1n) is 5.34. The lowest BCUT2D eigenvalue weighted by molar-refractivity contribution is 0.466. The average Bonchev–Trinajstić information content (AvgIpc) is 2.74. The quantitative estimate of drug-likeness (QED) is 0.903. The van der Waals surface area contributed by atoms with Crippen LogP contribution in [0, 0.1) is 12.8 Å². The van der Waals surface area contributed by atoms with E-state index in [1.807, 2.05) is 6.92 Å². The van der Waals surface area contributed by atoms with Gasteiger partial charge in [-0.2, -0.15) is 4.31 Å².